The molecule has 0 fully saturated rings. The van der Waals surface area contributed by atoms with Gasteiger partial charge in [-0.3, -0.25) is 5.32 Å². The maximum absolute atomic E-state index is 10.2. The van der Waals surface area contributed by atoms with Crippen molar-refractivity contribution in [2.45, 2.75) is 70.8 Å². The van der Waals surface area contributed by atoms with Gasteiger partial charge in [-0.1, -0.05) is 78.9 Å². The molecule has 44 heavy (non-hydrogen) atoms. The average Bonchev–Trinajstić information content (AvgIpc) is 3.00. The lowest BCUT2D eigenvalue weighted by Crippen LogP contribution is -2.49. The number of hydrogen-bond donors (Lipinski definition) is 4. The van der Waals surface area contributed by atoms with E-state index in [1.54, 1.807) is 20.8 Å². The Kier molecular flexibility index (Phi) is 12.3. The lowest BCUT2D eigenvalue weighted by atomic mass is 10.0. The zero-order valence-corrected chi connectivity index (χ0v) is 25.7. The molecule has 0 aliphatic rings. The molecule has 8 nitrogen and oxygen atoms in total. The molecule has 0 amide bonds. The van der Waals surface area contributed by atoms with Crippen LogP contribution < -0.4 is 14.8 Å². The van der Waals surface area contributed by atoms with Crippen LogP contribution in [0.5, 0.6) is 11.6 Å². The van der Waals surface area contributed by atoms with Crippen molar-refractivity contribution in [3.05, 3.63) is 103 Å². The van der Waals surface area contributed by atoms with Gasteiger partial charge in [0.1, 0.15) is 5.75 Å². The van der Waals surface area contributed by atoms with E-state index in [9.17, 15) is 15.3 Å². The second kappa shape index (κ2) is 16.3. The Hall–Kier alpha value is -3.79. The Bertz CT molecular complexity index is 1350. The quantitative estimate of drug-likeness (QED) is 0.0923. The number of pyridine rings is 1. The maximum atomic E-state index is 10.2. The third-order valence-electron chi connectivity index (χ3n) is 6.87. The summed E-state index contributed by atoms with van der Waals surface area (Å²) in [5, 5.41) is 32.7. The summed E-state index contributed by atoms with van der Waals surface area (Å²) in [5.41, 5.74) is 4.28. The van der Waals surface area contributed by atoms with Crippen LogP contribution in [0.1, 0.15) is 45.6 Å². The van der Waals surface area contributed by atoms with Crippen molar-refractivity contribution in [2.75, 3.05) is 13.2 Å². The van der Waals surface area contributed by atoms with Crippen LogP contribution in [0.15, 0.2) is 97.1 Å². The van der Waals surface area contributed by atoms with Crippen LogP contribution in [0, 0.1) is 0 Å². The number of aliphatic hydroxyl groups excluding tert-OH is 2. The monoisotopic (exact) mass is 600 g/mol. The molecule has 1 unspecified atom stereocenters. The van der Waals surface area contributed by atoms with Crippen LogP contribution in [0.25, 0.3) is 22.4 Å². The van der Waals surface area contributed by atoms with E-state index in [2.05, 4.69) is 23.5 Å². The van der Waals surface area contributed by atoms with E-state index in [1.807, 2.05) is 78.9 Å². The molecule has 8 heteroatoms. The second-order valence-corrected chi connectivity index (χ2v) is 11.7. The van der Waals surface area contributed by atoms with Crippen LogP contribution >= 0.6 is 0 Å². The van der Waals surface area contributed by atoms with Crippen LogP contribution in [-0.2, 0) is 11.2 Å². The number of nitrogens with zero attached hydrogens (tertiary/aromatic N) is 1. The number of rotatable bonds is 16. The van der Waals surface area contributed by atoms with E-state index in [0.717, 1.165) is 47.2 Å². The number of unbranched alkanes of at least 4 members (excludes halogenated alkanes) is 2. The van der Waals surface area contributed by atoms with Crippen molar-refractivity contribution < 1.29 is 29.5 Å². The van der Waals surface area contributed by atoms with Gasteiger partial charge in [0.2, 0.25) is 12.3 Å². The zero-order chi connectivity index (χ0) is 31.4. The summed E-state index contributed by atoms with van der Waals surface area (Å²) >= 11 is 0. The Balaban J connectivity index is 1.27. The number of aromatic nitrogens is 1. The minimum Gasteiger partial charge on any atom is -0.493 e. The number of para-hydroxylation sites is 1. The molecule has 1 aromatic heterocycles. The minimum atomic E-state index is -1.70. The van der Waals surface area contributed by atoms with Gasteiger partial charge in [-0.15, -0.1) is 0 Å². The number of benzene rings is 3. The fourth-order valence-corrected chi connectivity index (χ4v) is 4.73. The van der Waals surface area contributed by atoms with Gasteiger partial charge in [-0.2, -0.15) is 0 Å². The molecule has 4 rings (SSSR count). The third kappa shape index (κ3) is 10.7. The van der Waals surface area contributed by atoms with Crippen LogP contribution in [0.3, 0.4) is 0 Å². The molecule has 0 bridgehead atoms. The lowest BCUT2D eigenvalue weighted by molar-refractivity contribution is -0.197. The molecule has 234 valence electrons. The Morgan fingerprint density at radius 3 is 1.98 bits per heavy atom. The summed E-state index contributed by atoms with van der Waals surface area (Å²) in [7, 11) is 0. The first-order valence-electron chi connectivity index (χ1n) is 15.1. The minimum absolute atomic E-state index is 0.228. The molecule has 0 aliphatic carbocycles. The molecule has 4 aromatic rings. The highest BCUT2D eigenvalue weighted by Crippen LogP contribution is 2.29. The predicted molar refractivity (Wildman–Crippen MR) is 172 cm³/mol. The van der Waals surface area contributed by atoms with Crippen LogP contribution in [-0.4, -0.2) is 57.9 Å². The molecule has 2 atom stereocenters. The van der Waals surface area contributed by atoms with E-state index in [1.165, 1.54) is 0 Å². The highest BCUT2D eigenvalue weighted by molar-refractivity contribution is 5.71. The first-order chi connectivity index (χ1) is 21.2. The van der Waals surface area contributed by atoms with Crippen molar-refractivity contribution >= 4 is 0 Å². The van der Waals surface area contributed by atoms with Gasteiger partial charge in [0.05, 0.1) is 30.6 Å². The number of aliphatic hydroxyl groups is 3. The van der Waals surface area contributed by atoms with E-state index in [-0.39, 0.29) is 6.42 Å². The molecule has 0 aliphatic heterocycles. The predicted octanol–water partition coefficient (Wildman–Crippen LogP) is 5.95. The first-order valence-corrected chi connectivity index (χ1v) is 15.1. The smallest absolute Gasteiger partial charge is 0.214 e. The lowest BCUT2D eigenvalue weighted by Gasteiger charge is -2.29. The molecule has 0 spiro atoms. The van der Waals surface area contributed by atoms with Crippen molar-refractivity contribution in [3.63, 3.8) is 0 Å². The van der Waals surface area contributed by atoms with Gasteiger partial charge in [0.15, 0.2) is 6.29 Å². The standard InChI is InChI=1S/C36H44N2O6/c1-36(2,3)44-35(41)38-31(34(39)40)23-28-19-11-12-20-32(28)42-21-13-6-14-22-43-33-25-29(26-15-7-4-8-16-26)24-30(37-33)27-17-9-5-10-18-27/h4-5,7-12,15-20,24-25,31,34-35,38-41H,6,13-14,21-23H2,1-3H3/t31?,35-/m0/s1. The highest BCUT2D eigenvalue weighted by atomic mass is 16.6. The van der Waals surface area contributed by atoms with Crippen molar-refractivity contribution in [1.82, 2.24) is 10.3 Å². The molecule has 0 saturated heterocycles. The van der Waals surface area contributed by atoms with Crippen LogP contribution in [0.4, 0.5) is 0 Å². The normalized spacial score (nSPS) is 13.1. The number of nitrogens with one attached hydrogen (secondary N) is 1. The Labute approximate surface area is 260 Å². The highest BCUT2D eigenvalue weighted by Gasteiger charge is 2.25. The number of hydrogen-bond acceptors (Lipinski definition) is 8. The molecule has 1 heterocycles. The summed E-state index contributed by atoms with van der Waals surface area (Å²) < 4.78 is 17.6. The Morgan fingerprint density at radius 1 is 0.705 bits per heavy atom. The van der Waals surface area contributed by atoms with Gasteiger partial charge >= 0.3 is 0 Å². The molecular formula is C36H44N2O6. The molecule has 3 aromatic carbocycles. The van der Waals surface area contributed by atoms with Gasteiger partial charge < -0.3 is 29.5 Å². The van der Waals surface area contributed by atoms with Crippen LogP contribution in [0.2, 0.25) is 0 Å². The van der Waals surface area contributed by atoms with E-state index < -0.39 is 24.3 Å². The third-order valence-corrected chi connectivity index (χ3v) is 6.87. The van der Waals surface area contributed by atoms with Crippen molar-refractivity contribution in [1.29, 1.82) is 0 Å². The summed E-state index contributed by atoms with van der Waals surface area (Å²) in [4.78, 5) is 4.77. The fraction of sp³-hybridized carbons (Fsp3) is 0.361. The largest absolute Gasteiger partial charge is 0.493 e. The molecule has 0 saturated carbocycles. The average molecular weight is 601 g/mol. The number of ether oxygens (including phenoxy) is 3. The molecular weight excluding hydrogens is 556 g/mol. The van der Waals surface area contributed by atoms with Crippen molar-refractivity contribution in [2.24, 2.45) is 0 Å². The Morgan fingerprint density at radius 2 is 1.32 bits per heavy atom. The van der Waals surface area contributed by atoms with Crippen molar-refractivity contribution in [3.8, 4) is 34.0 Å². The van der Waals surface area contributed by atoms with E-state index >= 15 is 0 Å². The van der Waals surface area contributed by atoms with Gasteiger partial charge in [0, 0.05) is 11.6 Å². The summed E-state index contributed by atoms with van der Waals surface area (Å²) in [6, 6.07) is 31.0. The summed E-state index contributed by atoms with van der Waals surface area (Å²) in [6.07, 6.45) is -0.246. The fourth-order valence-electron chi connectivity index (χ4n) is 4.73. The van der Waals surface area contributed by atoms with E-state index in [0.29, 0.717) is 24.8 Å². The van der Waals surface area contributed by atoms with E-state index in [4.69, 9.17) is 19.2 Å². The SMILES string of the molecule is CC(C)(C)O[C@H](O)NC(Cc1ccccc1OCCCCCOc1cc(-c2ccccc2)cc(-c2ccccc2)n1)C(O)O. The molecule has 4 N–H and O–H groups in total. The second-order valence-electron chi connectivity index (χ2n) is 11.7. The topological polar surface area (TPSA) is 113 Å². The summed E-state index contributed by atoms with van der Waals surface area (Å²) in [5.74, 6) is 1.26. The first kappa shape index (κ1) is 33.1. The van der Waals surface area contributed by atoms with Gasteiger partial charge in [-0.25, -0.2) is 4.98 Å². The maximum Gasteiger partial charge on any atom is 0.214 e. The molecule has 0 radical (unpaired) electrons. The zero-order valence-electron chi connectivity index (χ0n) is 25.7. The summed E-state index contributed by atoms with van der Waals surface area (Å²) in [6.45, 7) is 6.46. The van der Waals surface area contributed by atoms with Gasteiger partial charge in [-0.05, 0) is 75.3 Å². The van der Waals surface area contributed by atoms with Gasteiger partial charge in [0.25, 0.3) is 0 Å².